The summed E-state index contributed by atoms with van der Waals surface area (Å²) in [5.41, 5.74) is 1.84. The highest BCUT2D eigenvalue weighted by Gasteiger charge is 2.11. The van der Waals surface area contributed by atoms with Crippen LogP contribution in [0.25, 0.3) is 0 Å². The van der Waals surface area contributed by atoms with Crippen LogP contribution in [0.15, 0.2) is 48.5 Å². The molecule has 2 aromatic carbocycles. The van der Waals surface area contributed by atoms with E-state index < -0.39 is 0 Å². The molecule has 0 aliphatic rings. The van der Waals surface area contributed by atoms with Gasteiger partial charge in [0.1, 0.15) is 11.6 Å². The normalized spacial score (nSPS) is 12.2. The van der Waals surface area contributed by atoms with Crippen LogP contribution >= 0.6 is 15.9 Å². The third-order valence-corrected chi connectivity index (χ3v) is 3.53. The number of hydrogen-bond donors (Lipinski definition) is 0. The highest BCUT2D eigenvalue weighted by molar-refractivity contribution is 9.09. The fourth-order valence-corrected chi connectivity index (χ4v) is 2.46. The van der Waals surface area contributed by atoms with Gasteiger partial charge in [-0.3, -0.25) is 0 Å². The zero-order chi connectivity index (χ0) is 14.4. The van der Waals surface area contributed by atoms with Crippen molar-refractivity contribution in [3.63, 3.8) is 0 Å². The minimum atomic E-state index is -0.251. The largest absolute Gasteiger partial charge is 0.497 e. The molecule has 0 radical (unpaired) electrons. The smallest absolute Gasteiger partial charge is 0.123 e. The molecule has 2 rings (SSSR count). The molecule has 106 valence electrons. The first-order valence-electron chi connectivity index (χ1n) is 6.29. The van der Waals surface area contributed by atoms with Crippen molar-refractivity contribution < 1.29 is 13.9 Å². The van der Waals surface area contributed by atoms with E-state index in [4.69, 9.17) is 9.47 Å². The first kappa shape index (κ1) is 15.0. The average Bonchev–Trinajstić information content (AvgIpc) is 2.48. The Labute approximate surface area is 126 Å². The maximum absolute atomic E-state index is 13.2. The predicted octanol–water partition coefficient (Wildman–Crippen LogP) is 4.49. The third kappa shape index (κ3) is 4.05. The molecule has 0 saturated carbocycles. The molecule has 1 atom stereocenters. The van der Waals surface area contributed by atoms with E-state index in [1.165, 1.54) is 12.1 Å². The molecule has 0 saturated heterocycles. The second kappa shape index (κ2) is 7.41. The molecule has 0 aromatic heterocycles. The summed E-state index contributed by atoms with van der Waals surface area (Å²) in [7, 11) is 1.63. The lowest BCUT2D eigenvalue weighted by Gasteiger charge is -2.16. The van der Waals surface area contributed by atoms with Crippen LogP contribution in [-0.4, -0.2) is 12.4 Å². The van der Waals surface area contributed by atoms with Gasteiger partial charge in [0, 0.05) is 5.33 Å². The van der Waals surface area contributed by atoms with E-state index in [-0.39, 0.29) is 11.9 Å². The SMILES string of the molecule is COc1cccc(COC(CBr)c2cccc(F)c2)c1. The van der Waals surface area contributed by atoms with Crippen LogP contribution in [0.4, 0.5) is 4.39 Å². The number of rotatable bonds is 6. The van der Waals surface area contributed by atoms with Gasteiger partial charge in [-0.15, -0.1) is 0 Å². The molecule has 0 bridgehead atoms. The van der Waals surface area contributed by atoms with Crippen molar-refractivity contribution >= 4 is 15.9 Å². The van der Waals surface area contributed by atoms with Crippen molar-refractivity contribution in [2.45, 2.75) is 12.7 Å². The molecule has 0 aliphatic carbocycles. The lowest BCUT2D eigenvalue weighted by atomic mass is 10.1. The maximum atomic E-state index is 13.2. The summed E-state index contributed by atoms with van der Waals surface area (Å²) >= 11 is 3.41. The molecule has 2 nitrogen and oxygen atoms in total. The predicted molar refractivity (Wildman–Crippen MR) is 80.7 cm³/mol. The Balaban J connectivity index is 2.03. The van der Waals surface area contributed by atoms with Gasteiger partial charge in [0.25, 0.3) is 0 Å². The lowest BCUT2D eigenvalue weighted by molar-refractivity contribution is 0.0563. The molecule has 1 unspecified atom stereocenters. The summed E-state index contributed by atoms with van der Waals surface area (Å²) in [6.07, 6.45) is -0.183. The molecule has 4 heteroatoms. The fourth-order valence-electron chi connectivity index (χ4n) is 1.90. The van der Waals surface area contributed by atoms with Crippen LogP contribution in [-0.2, 0) is 11.3 Å². The number of methoxy groups -OCH3 is 1. The van der Waals surface area contributed by atoms with E-state index in [1.807, 2.05) is 30.3 Å². The van der Waals surface area contributed by atoms with Crippen molar-refractivity contribution in [3.8, 4) is 5.75 Å². The summed E-state index contributed by atoms with van der Waals surface area (Å²) in [4.78, 5) is 0. The van der Waals surface area contributed by atoms with Gasteiger partial charge in [0.15, 0.2) is 0 Å². The summed E-state index contributed by atoms with van der Waals surface area (Å²) in [6, 6.07) is 14.2. The van der Waals surface area contributed by atoms with Gasteiger partial charge < -0.3 is 9.47 Å². The number of ether oxygens (including phenoxy) is 2. The van der Waals surface area contributed by atoms with E-state index in [0.717, 1.165) is 16.9 Å². The van der Waals surface area contributed by atoms with Crippen molar-refractivity contribution in [1.29, 1.82) is 0 Å². The first-order valence-corrected chi connectivity index (χ1v) is 7.41. The van der Waals surface area contributed by atoms with Crippen LogP contribution in [0.1, 0.15) is 17.2 Å². The summed E-state index contributed by atoms with van der Waals surface area (Å²) < 4.78 is 24.3. The van der Waals surface area contributed by atoms with Crippen molar-refractivity contribution in [2.24, 2.45) is 0 Å². The van der Waals surface area contributed by atoms with E-state index in [2.05, 4.69) is 15.9 Å². The minimum Gasteiger partial charge on any atom is -0.497 e. The Bertz CT molecular complexity index is 560. The second-order valence-electron chi connectivity index (χ2n) is 4.36. The molecule has 0 fully saturated rings. The topological polar surface area (TPSA) is 18.5 Å². The highest BCUT2D eigenvalue weighted by Crippen LogP contribution is 2.23. The Morgan fingerprint density at radius 2 is 1.95 bits per heavy atom. The van der Waals surface area contributed by atoms with Gasteiger partial charge in [0.05, 0.1) is 19.8 Å². The van der Waals surface area contributed by atoms with Crippen molar-refractivity contribution in [2.75, 3.05) is 12.4 Å². The van der Waals surface area contributed by atoms with Crippen LogP contribution in [0, 0.1) is 5.82 Å². The fraction of sp³-hybridized carbons (Fsp3) is 0.250. The zero-order valence-electron chi connectivity index (χ0n) is 11.2. The number of halogens is 2. The average molecular weight is 339 g/mol. The van der Waals surface area contributed by atoms with Gasteiger partial charge in [-0.1, -0.05) is 40.2 Å². The molecule has 0 heterocycles. The Hall–Kier alpha value is -1.39. The molecular weight excluding hydrogens is 323 g/mol. The molecule has 20 heavy (non-hydrogen) atoms. The molecule has 0 spiro atoms. The van der Waals surface area contributed by atoms with Gasteiger partial charge >= 0.3 is 0 Å². The van der Waals surface area contributed by atoms with Gasteiger partial charge in [0.2, 0.25) is 0 Å². The van der Waals surface area contributed by atoms with E-state index >= 15 is 0 Å². The minimum absolute atomic E-state index is 0.183. The molecule has 2 aromatic rings. The monoisotopic (exact) mass is 338 g/mol. The van der Waals surface area contributed by atoms with Gasteiger partial charge in [-0.2, -0.15) is 0 Å². The molecular formula is C16H16BrFO2. The van der Waals surface area contributed by atoms with Crippen LogP contribution in [0.3, 0.4) is 0 Å². The summed E-state index contributed by atoms with van der Waals surface area (Å²) in [5.74, 6) is 0.547. The number of hydrogen-bond acceptors (Lipinski definition) is 2. The Morgan fingerprint density at radius 1 is 1.15 bits per heavy atom. The van der Waals surface area contributed by atoms with E-state index in [9.17, 15) is 4.39 Å². The standard InChI is InChI=1S/C16H16BrFO2/c1-19-15-7-2-4-12(8-15)11-20-16(10-17)13-5-3-6-14(18)9-13/h2-9,16H,10-11H2,1H3. The molecule has 0 N–H and O–H groups in total. The highest BCUT2D eigenvalue weighted by atomic mass is 79.9. The van der Waals surface area contributed by atoms with Crippen molar-refractivity contribution in [1.82, 2.24) is 0 Å². The van der Waals surface area contributed by atoms with Crippen LogP contribution in [0.5, 0.6) is 5.75 Å². The first-order chi connectivity index (χ1) is 9.72. The van der Waals surface area contributed by atoms with Crippen molar-refractivity contribution in [3.05, 3.63) is 65.5 Å². The van der Waals surface area contributed by atoms with Crippen LogP contribution < -0.4 is 4.74 Å². The van der Waals surface area contributed by atoms with E-state index in [0.29, 0.717) is 11.9 Å². The molecule has 0 aliphatic heterocycles. The van der Waals surface area contributed by atoms with Gasteiger partial charge in [-0.05, 0) is 35.4 Å². The third-order valence-electron chi connectivity index (χ3n) is 2.95. The quantitative estimate of drug-likeness (QED) is 0.722. The lowest BCUT2D eigenvalue weighted by Crippen LogP contribution is -2.06. The van der Waals surface area contributed by atoms with Gasteiger partial charge in [-0.25, -0.2) is 4.39 Å². The summed E-state index contributed by atoms with van der Waals surface area (Å²) in [6.45, 7) is 0.448. The van der Waals surface area contributed by atoms with Crippen LogP contribution in [0.2, 0.25) is 0 Å². The Kier molecular flexibility index (Phi) is 5.56. The Morgan fingerprint density at radius 3 is 2.65 bits per heavy atom. The zero-order valence-corrected chi connectivity index (χ0v) is 12.8. The maximum Gasteiger partial charge on any atom is 0.123 e. The molecule has 0 amide bonds. The van der Waals surface area contributed by atoms with E-state index in [1.54, 1.807) is 13.2 Å². The second-order valence-corrected chi connectivity index (χ2v) is 5.01. The number of benzene rings is 2. The number of alkyl halides is 1. The summed E-state index contributed by atoms with van der Waals surface area (Å²) in [5, 5.41) is 0.612.